The van der Waals surface area contributed by atoms with Crippen LogP contribution in [0.5, 0.6) is 0 Å². The lowest BCUT2D eigenvalue weighted by Crippen LogP contribution is -2.37. The van der Waals surface area contributed by atoms with Gasteiger partial charge in [0.1, 0.15) is 0 Å². The van der Waals surface area contributed by atoms with Crippen LogP contribution in [0.2, 0.25) is 0 Å². The van der Waals surface area contributed by atoms with Gasteiger partial charge < -0.3 is 15.1 Å². The minimum atomic E-state index is -3.43. The molecule has 1 fully saturated rings. The van der Waals surface area contributed by atoms with Crippen LogP contribution in [-0.2, 0) is 17.6 Å². The van der Waals surface area contributed by atoms with Crippen molar-refractivity contribution in [3.63, 3.8) is 0 Å². The summed E-state index contributed by atoms with van der Waals surface area (Å²) in [5.41, 5.74) is 2.13. The van der Waals surface area contributed by atoms with E-state index in [1.54, 1.807) is 12.1 Å². The van der Waals surface area contributed by atoms with Gasteiger partial charge in [0.15, 0.2) is 0 Å². The van der Waals surface area contributed by atoms with Gasteiger partial charge in [-0.05, 0) is 48.9 Å². The number of amides is 1. The topological polar surface area (TPSA) is 77.8 Å². The van der Waals surface area contributed by atoms with Gasteiger partial charge in [-0.3, -0.25) is 4.79 Å². The fourth-order valence-corrected chi connectivity index (χ4v) is 4.00. The maximum atomic E-state index is 14.1. The molecule has 0 aromatic heterocycles. The molecule has 0 radical (unpaired) electrons. The number of aromatic carboxylic acids is 1. The lowest BCUT2D eigenvalue weighted by molar-refractivity contribution is -0.148. The highest BCUT2D eigenvalue weighted by atomic mass is 19.3. The summed E-state index contributed by atoms with van der Waals surface area (Å²) in [6, 6.07) is 15.4. The summed E-state index contributed by atoms with van der Waals surface area (Å²) in [7, 11) is 0. The number of carboxylic acid groups (broad SMARTS) is 1. The lowest BCUT2D eigenvalue weighted by atomic mass is 10.0. The Morgan fingerprint density at radius 1 is 1.06 bits per heavy atom. The van der Waals surface area contributed by atoms with E-state index >= 15 is 0 Å². The molecular weight excluding hydrogens is 428 g/mol. The van der Waals surface area contributed by atoms with E-state index in [1.807, 2.05) is 18.2 Å². The molecule has 0 spiro atoms. The van der Waals surface area contributed by atoms with Crippen molar-refractivity contribution in [3.05, 3.63) is 83.4 Å². The molecule has 1 unspecified atom stereocenters. The highest BCUT2D eigenvalue weighted by Gasteiger charge is 2.52. The van der Waals surface area contributed by atoms with Crippen LogP contribution in [0.25, 0.3) is 0 Å². The predicted octanol–water partition coefficient (Wildman–Crippen LogP) is 4.49. The van der Waals surface area contributed by atoms with Crippen molar-refractivity contribution in [2.75, 3.05) is 6.54 Å². The minimum absolute atomic E-state index is 0.0863. The summed E-state index contributed by atoms with van der Waals surface area (Å²) < 4.78 is 28.2. The van der Waals surface area contributed by atoms with Gasteiger partial charge in [0.2, 0.25) is 0 Å². The van der Waals surface area contributed by atoms with Crippen LogP contribution in [0.1, 0.15) is 47.2 Å². The Morgan fingerprint density at radius 2 is 1.73 bits per heavy atom. The van der Waals surface area contributed by atoms with Gasteiger partial charge in [0.25, 0.3) is 5.91 Å². The molecule has 1 amide bonds. The van der Waals surface area contributed by atoms with E-state index in [1.165, 1.54) is 29.8 Å². The zero-order valence-corrected chi connectivity index (χ0v) is 18.4. The Balaban J connectivity index is 1.51. The number of hydrogen-bond acceptors (Lipinski definition) is 3. The van der Waals surface area contributed by atoms with Crippen molar-refractivity contribution in [3.8, 4) is 0 Å². The third kappa shape index (κ3) is 6.96. The van der Waals surface area contributed by atoms with Gasteiger partial charge in [-0.1, -0.05) is 61.0 Å². The number of nitrogens with zero attached hydrogens (tertiary/aromatic N) is 1. The first kappa shape index (κ1) is 24.6. The molecule has 0 bridgehead atoms. The molecule has 1 saturated heterocycles. The first-order chi connectivity index (χ1) is 15.8. The summed E-state index contributed by atoms with van der Waals surface area (Å²) in [5, 5.41) is 19.2. The van der Waals surface area contributed by atoms with Crippen LogP contribution in [0, 0.1) is 0 Å². The fraction of sp³-hybridized carbons (Fsp3) is 0.385. The molecule has 33 heavy (non-hydrogen) atoms. The zero-order chi connectivity index (χ0) is 23.8. The number of aliphatic hydroxyl groups excluding tert-OH is 1. The van der Waals surface area contributed by atoms with Gasteiger partial charge in [0.05, 0.1) is 17.7 Å². The Hall–Kier alpha value is -3.06. The zero-order valence-electron chi connectivity index (χ0n) is 18.4. The van der Waals surface area contributed by atoms with Crippen molar-refractivity contribution < 1.29 is 28.6 Å². The standard InChI is InChI=1S/C26H29F2NO4/c27-26(28)18-22(14-15-23(30)9-5-4-8-19-6-2-1-3-7-19)29(25(26)33)17-16-20-10-12-21(13-11-20)24(31)32/h1-3,6-7,10-15,22-23,30H,4-5,8-9,16-18H2,(H,31,32)/b15-14+/t22?,23-/m0/s1. The number of carbonyl (C=O) groups excluding carboxylic acids is 1. The third-order valence-corrected chi connectivity index (χ3v) is 5.90. The second kappa shape index (κ2) is 11.2. The number of hydrogen-bond donors (Lipinski definition) is 2. The minimum Gasteiger partial charge on any atom is -0.478 e. The molecule has 3 rings (SSSR count). The highest BCUT2D eigenvalue weighted by Crippen LogP contribution is 2.34. The Bertz CT molecular complexity index is 960. The molecule has 2 aromatic carbocycles. The molecule has 2 atom stereocenters. The molecule has 2 aromatic rings. The molecule has 2 N–H and O–H groups in total. The molecule has 0 saturated carbocycles. The number of benzene rings is 2. The Kier molecular flexibility index (Phi) is 8.33. The van der Waals surface area contributed by atoms with Crippen LogP contribution in [0.3, 0.4) is 0 Å². The number of alkyl halides is 2. The molecule has 1 aliphatic rings. The summed E-state index contributed by atoms with van der Waals surface area (Å²) in [6.45, 7) is 0.0863. The van der Waals surface area contributed by atoms with E-state index in [9.17, 15) is 23.5 Å². The van der Waals surface area contributed by atoms with Crippen molar-refractivity contribution in [2.45, 2.75) is 56.6 Å². The number of likely N-dealkylation sites (tertiary alicyclic amines) is 1. The second-order valence-corrected chi connectivity index (χ2v) is 8.41. The molecule has 176 valence electrons. The number of halogens is 2. The summed E-state index contributed by atoms with van der Waals surface area (Å²) >= 11 is 0. The van der Waals surface area contributed by atoms with E-state index in [0.717, 1.165) is 29.7 Å². The molecule has 0 aliphatic carbocycles. The predicted molar refractivity (Wildman–Crippen MR) is 121 cm³/mol. The highest BCUT2D eigenvalue weighted by molar-refractivity contribution is 5.87. The Labute approximate surface area is 192 Å². The third-order valence-electron chi connectivity index (χ3n) is 5.90. The Morgan fingerprint density at radius 3 is 2.39 bits per heavy atom. The largest absolute Gasteiger partial charge is 0.478 e. The van der Waals surface area contributed by atoms with Crippen molar-refractivity contribution in [2.24, 2.45) is 0 Å². The van der Waals surface area contributed by atoms with E-state index in [4.69, 9.17) is 5.11 Å². The maximum Gasteiger partial charge on any atom is 0.335 e. The van der Waals surface area contributed by atoms with Crippen molar-refractivity contribution in [1.82, 2.24) is 4.90 Å². The number of rotatable bonds is 11. The summed E-state index contributed by atoms with van der Waals surface area (Å²) in [5.74, 6) is -5.68. The van der Waals surface area contributed by atoms with E-state index in [0.29, 0.717) is 12.8 Å². The van der Waals surface area contributed by atoms with Crippen molar-refractivity contribution in [1.29, 1.82) is 0 Å². The SMILES string of the molecule is O=C(O)c1ccc(CCN2C(=O)C(F)(F)CC2/C=C/[C@@H](O)CCCCc2ccccc2)cc1. The van der Waals surface area contributed by atoms with Gasteiger partial charge in [-0.15, -0.1) is 0 Å². The normalized spacial score (nSPS) is 18.7. The molecule has 7 heteroatoms. The molecule has 1 heterocycles. The first-order valence-corrected chi connectivity index (χ1v) is 11.2. The maximum absolute atomic E-state index is 14.1. The number of aliphatic hydroxyl groups is 1. The second-order valence-electron chi connectivity index (χ2n) is 8.41. The number of carboxylic acids is 1. The average molecular weight is 458 g/mol. The van der Waals surface area contributed by atoms with Crippen LogP contribution < -0.4 is 0 Å². The first-order valence-electron chi connectivity index (χ1n) is 11.2. The number of unbranched alkanes of at least 4 members (excludes halogenated alkanes) is 1. The summed E-state index contributed by atoms with van der Waals surface area (Å²) in [6.07, 6.45) is 5.14. The van der Waals surface area contributed by atoms with Crippen LogP contribution in [0.4, 0.5) is 8.78 Å². The molecule has 1 aliphatic heterocycles. The van der Waals surface area contributed by atoms with Gasteiger partial charge in [0, 0.05) is 13.0 Å². The van der Waals surface area contributed by atoms with Gasteiger partial charge >= 0.3 is 11.9 Å². The number of aryl methyl sites for hydroxylation is 1. The summed E-state index contributed by atoms with van der Waals surface area (Å²) in [4.78, 5) is 24.3. The smallest absolute Gasteiger partial charge is 0.335 e. The number of carbonyl (C=O) groups is 2. The molecule has 5 nitrogen and oxygen atoms in total. The van der Waals surface area contributed by atoms with E-state index in [2.05, 4.69) is 12.1 Å². The molecular formula is C26H29F2NO4. The van der Waals surface area contributed by atoms with Crippen LogP contribution in [-0.4, -0.2) is 51.6 Å². The quantitative estimate of drug-likeness (QED) is 0.385. The average Bonchev–Trinajstić information content (AvgIpc) is 3.02. The van der Waals surface area contributed by atoms with Crippen molar-refractivity contribution >= 4 is 11.9 Å². The lowest BCUT2D eigenvalue weighted by Gasteiger charge is -2.22. The van der Waals surface area contributed by atoms with E-state index < -0.39 is 36.4 Å². The van der Waals surface area contributed by atoms with Crippen LogP contribution in [0.15, 0.2) is 66.7 Å². The van der Waals surface area contributed by atoms with Gasteiger partial charge in [-0.25, -0.2) is 4.79 Å². The van der Waals surface area contributed by atoms with E-state index in [-0.39, 0.29) is 12.1 Å². The van der Waals surface area contributed by atoms with Crippen LogP contribution >= 0.6 is 0 Å². The fourth-order valence-electron chi connectivity index (χ4n) is 4.00. The van der Waals surface area contributed by atoms with Gasteiger partial charge in [-0.2, -0.15) is 8.78 Å². The monoisotopic (exact) mass is 457 g/mol.